The lowest BCUT2D eigenvalue weighted by atomic mass is 10.1. The molecule has 0 saturated carbocycles. The van der Waals surface area contributed by atoms with Gasteiger partial charge in [0.1, 0.15) is 0 Å². The van der Waals surface area contributed by atoms with Crippen LogP contribution in [0.3, 0.4) is 0 Å². The zero-order chi connectivity index (χ0) is 17.5. The minimum Gasteiger partial charge on any atom is -0.382 e. The fourth-order valence-corrected chi connectivity index (χ4v) is 3.15. The van der Waals surface area contributed by atoms with Crippen LogP contribution in [0.15, 0.2) is 54.7 Å². The molecule has 3 nitrogen and oxygen atoms in total. The Balaban J connectivity index is 1.70. The number of hydrogen-bond acceptors (Lipinski definition) is 2. The van der Waals surface area contributed by atoms with E-state index in [4.69, 9.17) is 4.74 Å². The van der Waals surface area contributed by atoms with E-state index in [1.54, 1.807) is 0 Å². The van der Waals surface area contributed by atoms with Gasteiger partial charge in [0.25, 0.3) is 0 Å². The molecule has 3 rings (SSSR count). The molecule has 0 saturated heterocycles. The van der Waals surface area contributed by atoms with Gasteiger partial charge in [-0.2, -0.15) is 0 Å². The SMILES string of the molecule is CCOCCCNCc1cn(Cc2ccc(C)cc2)c2ccccc12. The molecule has 0 fully saturated rings. The number of benzene rings is 2. The Morgan fingerprint density at radius 3 is 2.64 bits per heavy atom. The van der Waals surface area contributed by atoms with E-state index in [9.17, 15) is 0 Å². The third-order valence-corrected chi connectivity index (χ3v) is 4.51. The van der Waals surface area contributed by atoms with E-state index in [1.165, 1.54) is 27.6 Å². The van der Waals surface area contributed by atoms with Gasteiger partial charge in [0.05, 0.1) is 0 Å². The predicted molar refractivity (Wildman–Crippen MR) is 105 cm³/mol. The van der Waals surface area contributed by atoms with Gasteiger partial charge < -0.3 is 14.6 Å². The summed E-state index contributed by atoms with van der Waals surface area (Å²) >= 11 is 0. The van der Waals surface area contributed by atoms with Gasteiger partial charge in [-0.3, -0.25) is 0 Å². The average Bonchev–Trinajstić information content (AvgIpc) is 2.98. The van der Waals surface area contributed by atoms with Gasteiger partial charge in [-0.1, -0.05) is 48.0 Å². The molecule has 0 unspecified atom stereocenters. The molecule has 0 bridgehead atoms. The lowest BCUT2D eigenvalue weighted by Gasteiger charge is -2.06. The fraction of sp³-hybridized carbons (Fsp3) is 0.364. The molecule has 2 aromatic carbocycles. The first-order valence-corrected chi connectivity index (χ1v) is 9.18. The zero-order valence-corrected chi connectivity index (χ0v) is 15.3. The molecule has 1 N–H and O–H groups in total. The quantitative estimate of drug-likeness (QED) is 0.582. The summed E-state index contributed by atoms with van der Waals surface area (Å²) in [7, 11) is 0. The van der Waals surface area contributed by atoms with Crippen LogP contribution in [0.25, 0.3) is 10.9 Å². The van der Waals surface area contributed by atoms with E-state index in [1.807, 2.05) is 6.92 Å². The van der Waals surface area contributed by atoms with Crippen LogP contribution in [0.4, 0.5) is 0 Å². The van der Waals surface area contributed by atoms with Crippen LogP contribution in [0.1, 0.15) is 30.0 Å². The van der Waals surface area contributed by atoms with Crippen LogP contribution in [0.2, 0.25) is 0 Å². The summed E-state index contributed by atoms with van der Waals surface area (Å²) < 4.78 is 7.75. The van der Waals surface area contributed by atoms with Gasteiger partial charge in [-0.05, 0) is 44.0 Å². The monoisotopic (exact) mass is 336 g/mol. The topological polar surface area (TPSA) is 26.2 Å². The van der Waals surface area contributed by atoms with Crippen LogP contribution < -0.4 is 5.32 Å². The molecule has 0 aliphatic rings. The maximum absolute atomic E-state index is 5.39. The van der Waals surface area contributed by atoms with E-state index >= 15 is 0 Å². The maximum Gasteiger partial charge on any atom is 0.0486 e. The lowest BCUT2D eigenvalue weighted by molar-refractivity contribution is 0.144. The lowest BCUT2D eigenvalue weighted by Crippen LogP contribution is -2.16. The smallest absolute Gasteiger partial charge is 0.0486 e. The number of ether oxygens (including phenoxy) is 1. The van der Waals surface area contributed by atoms with Gasteiger partial charge in [0.2, 0.25) is 0 Å². The Bertz CT molecular complexity index is 789. The third-order valence-electron chi connectivity index (χ3n) is 4.51. The number of nitrogens with one attached hydrogen (secondary N) is 1. The predicted octanol–water partition coefficient (Wildman–Crippen LogP) is 4.51. The van der Waals surface area contributed by atoms with Crippen molar-refractivity contribution in [2.24, 2.45) is 0 Å². The highest BCUT2D eigenvalue weighted by Crippen LogP contribution is 2.22. The third kappa shape index (κ3) is 4.71. The van der Waals surface area contributed by atoms with Crippen LogP contribution in [0.5, 0.6) is 0 Å². The first kappa shape index (κ1) is 17.7. The van der Waals surface area contributed by atoms with E-state index in [-0.39, 0.29) is 0 Å². The normalized spacial score (nSPS) is 11.3. The number of para-hydroxylation sites is 1. The van der Waals surface area contributed by atoms with Gasteiger partial charge in [-0.15, -0.1) is 0 Å². The summed E-state index contributed by atoms with van der Waals surface area (Å²) in [6, 6.07) is 17.5. The van der Waals surface area contributed by atoms with Crippen molar-refractivity contribution in [1.29, 1.82) is 0 Å². The molecule has 1 aromatic heterocycles. The van der Waals surface area contributed by atoms with Gasteiger partial charge in [0, 0.05) is 43.4 Å². The molecule has 0 aliphatic carbocycles. The summed E-state index contributed by atoms with van der Waals surface area (Å²) in [4.78, 5) is 0. The van der Waals surface area contributed by atoms with E-state index in [0.717, 1.165) is 39.3 Å². The van der Waals surface area contributed by atoms with Crippen molar-refractivity contribution in [2.45, 2.75) is 33.4 Å². The molecule has 3 aromatic rings. The second-order valence-electron chi connectivity index (χ2n) is 6.51. The summed E-state index contributed by atoms with van der Waals surface area (Å²) in [6.07, 6.45) is 3.34. The van der Waals surface area contributed by atoms with Gasteiger partial charge in [0.15, 0.2) is 0 Å². The van der Waals surface area contributed by atoms with Crippen molar-refractivity contribution >= 4 is 10.9 Å². The van der Waals surface area contributed by atoms with Gasteiger partial charge in [-0.25, -0.2) is 0 Å². The van der Waals surface area contributed by atoms with Crippen molar-refractivity contribution in [3.63, 3.8) is 0 Å². The molecule has 0 aliphatic heterocycles. The van der Waals surface area contributed by atoms with Crippen molar-refractivity contribution in [3.05, 3.63) is 71.4 Å². The molecule has 1 heterocycles. The molecule has 0 amide bonds. The van der Waals surface area contributed by atoms with Crippen LogP contribution in [-0.2, 0) is 17.8 Å². The Morgan fingerprint density at radius 1 is 1.04 bits per heavy atom. The highest BCUT2D eigenvalue weighted by molar-refractivity contribution is 5.84. The minimum atomic E-state index is 0.798. The van der Waals surface area contributed by atoms with Crippen molar-refractivity contribution in [3.8, 4) is 0 Å². The number of nitrogens with zero attached hydrogens (tertiary/aromatic N) is 1. The first-order chi connectivity index (χ1) is 12.3. The van der Waals surface area contributed by atoms with Crippen molar-refractivity contribution in [1.82, 2.24) is 9.88 Å². The maximum atomic E-state index is 5.39. The standard InChI is InChI=1S/C22H28N2O/c1-3-25-14-6-13-23-15-20-17-24(22-8-5-4-7-21(20)22)16-19-11-9-18(2)10-12-19/h4-5,7-12,17,23H,3,6,13-16H2,1-2H3. The first-order valence-electron chi connectivity index (χ1n) is 9.18. The Kier molecular flexibility index (Phi) is 6.26. The summed E-state index contributed by atoms with van der Waals surface area (Å²) in [5.41, 5.74) is 5.30. The highest BCUT2D eigenvalue weighted by Gasteiger charge is 2.08. The van der Waals surface area contributed by atoms with Crippen LogP contribution >= 0.6 is 0 Å². The molecule has 0 radical (unpaired) electrons. The summed E-state index contributed by atoms with van der Waals surface area (Å²) in [5.74, 6) is 0. The molecular weight excluding hydrogens is 308 g/mol. The Morgan fingerprint density at radius 2 is 1.84 bits per heavy atom. The number of aromatic nitrogens is 1. The number of rotatable bonds is 9. The summed E-state index contributed by atoms with van der Waals surface area (Å²) in [6.45, 7) is 8.59. The molecular formula is C22H28N2O. The second-order valence-corrected chi connectivity index (χ2v) is 6.51. The second kappa shape index (κ2) is 8.84. The molecule has 132 valence electrons. The van der Waals surface area contributed by atoms with E-state index < -0.39 is 0 Å². The average molecular weight is 336 g/mol. The summed E-state index contributed by atoms with van der Waals surface area (Å²) in [5, 5.41) is 4.88. The molecule has 0 atom stereocenters. The van der Waals surface area contributed by atoms with E-state index in [2.05, 4.69) is 71.5 Å². The molecule has 25 heavy (non-hydrogen) atoms. The fourth-order valence-electron chi connectivity index (χ4n) is 3.15. The van der Waals surface area contributed by atoms with Crippen LogP contribution in [0, 0.1) is 6.92 Å². The largest absolute Gasteiger partial charge is 0.382 e. The zero-order valence-electron chi connectivity index (χ0n) is 15.3. The molecule has 3 heteroatoms. The van der Waals surface area contributed by atoms with Crippen molar-refractivity contribution in [2.75, 3.05) is 19.8 Å². The molecule has 0 spiro atoms. The Labute approximate surface area is 150 Å². The van der Waals surface area contributed by atoms with E-state index in [0.29, 0.717) is 0 Å². The highest BCUT2D eigenvalue weighted by atomic mass is 16.5. The van der Waals surface area contributed by atoms with Crippen LogP contribution in [-0.4, -0.2) is 24.3 Å². The minimum absolute atomic E-state index is 0.798. The number of aryl methyl sites for hydroxylation is 1. The number of fused-ring (bicyclic) bond motifs is 1. The van der Waals surface area contributed by atoms with Crippen molar-refractivity contribution < 1.29 is 4.74 Å². The van der Waals surface area contributed by atoms with Gasteiger partial charge >= 0.3 is 0 Å². The number of hydrogen-bond donors (Lipinski definition) is 1. The Hall–Kier alpha value is -2.10.